The molecule has 2 fully saturated rings. The van der Waals surface area contributed by atoms with Gasteiger partial charge in [0.1, 0.15) is 0 Å². The van der Waals surface area contributed by atoms with Gasteiger partial charge in [-0.1, -0.05) is 30.7 Å². The average molecular weight is 337 g/mol. The molecule has 1 amide bonds. The van der Waals surface area contributed by atoms with Crippen molar-refractivity contribution in [1.29, 1.82) is 0 Å². The summed E-state index contributed by atoms with van der Waals surface area (Å²) in [6, 6.07) is 8.65. The fourth-order valence-electron chi connectivity index (χ4n) is 4.42. The van der Waals surface area contributed by atoms with Crippen LogP contribution >= 0.6 is 12.4 Å². The Morgan fingerprint density at radius 3 is 2.43 bits per heavy atom. The van der Waals surface area contributed by atoms with Crippen LogP contribution in [-0.2, 0) is 11.3 Å². The van der Waals surface area contributed by atoms with Gasteiger partial charge >= 0.3 is 0 Å². The number of aryl methyl sites for hydroxylation is 1. The van der Waals surface area contributed by atoms with Crippen LogP contribution in [0, 0.1) is 24.7 Å². The number of nitrogens with two attached hydrogens (primary N) is 1. The maximum absolute atomic E-state index is 12.8. The Morgan fingerprint density at radius 2 is 1.83 bits per heavy atom. The molecule has 2 N–H and O–H groups in total. The van der Waals surface area contributed by atoms with E-state index in [0.717, 1.165) is 12.8 Å². The van der Waals surface area contributed by atoms with Gasteiger partial charge in [-0.05, 0) is 55.6 Å². The van der Waals surface area contributed by atoms with E-state index in [-0.39, 0.29) is 18.3 Å². The second-order valence-corrected chi connectivity index (χ2v) is 7.32. The Hall–Kier alpha value is -1.06. The Morgan fingerprint density at radius 1 is 1.22 bits per heavy atom. The lowest BCUT2D eigenvalue weighted by atomic mass is 9.65. The number of fused-ring (bicyclic) bond motifs is 2. The second kappa shape index (κ2) is 7.67. The first-order chi connectivity index (χ1) is 10.6. The summed E-state index contributed by atoms with van der Waals surface area (Å²) >= 11 is 0. The Labute approximate surface area is 146 Å². The quantitative estimate of drug-likeness (QED) is 0.917. The molecule has 0 saturated heterocycles. The number of amides is 1. The smallest absolute Gasteiger partial charge is 0.225 e. The molecular weight excluding hydrogens is 308 g/mol. The van der Waals surface area contributed by atoms with Gasteiger partial charge in [0.25, 0.3) is 0 Å². The molecule has 0 spiro atoms. The summed E-state index contributed by atoms with van der Waals surface area (Å²) in [6.07, 6.45) is 5.71. The molecule has 0 aliphatic heterocycles. The molecule has 3 rings (SSSR count). The molecule has 2 aliphatic carbocycles. The van der Waals surface area contributed by atoms with Crippen LogP contribution in [0.4, 0.5) is 0 Å². The van der Waals surface area contributed by atoms with E-state index in [1.165, 1.54) is 30.4 Å². The van der Waals surface area contributed by atoms with Crippen LogP contribution < -0.4 is 5.73 Å². The summed E-state index contributed by atoms with van der Waals surface area (Å²) in [5, 5.41) is 0. The molecule has 2 unspecified atom stereocenters. The van der Waals surface area contributed by atoms with E-state index in [1.54, 1.807) is 0 Å². The van der Waals surface area contributed by atoms with Crippen molar-refractivity contribution in [2.45, 2.75) is 51.6 Å². The van der Waals surface area contributed by atoms with E-state index in [2.05, 4.69) is 19.1 Å². The van der Waals surface area contributed by atoms with Gasteiger partial charge in [-0.25, -0.2) is 0 Å². The topological polar surface area (TPSA) is 46.3 Å². The molecule has 1 aromatic rings. The maximum atomic E-state index is 12.8. The van der Waals surface area contributed by atoms with Crippen LogP contribution in [0.2, 0.25) is 0 Å². The van der Waals surface area contributed by atoms with Crippen LogP contribution in [0.3, 0.4) is 0 Å². The minimum absolute atomic E-state index is 0. The minimum Gasteiger partial charge on any atom is -0.341 e. The Balaban J connectivity index is 0.00000192. The van der Waals surface area contributed by atoms with Gasteiger partial charge in [-0.2, -0.15) is 0 Å². The standard InChI is InChI=1S/C19H28N2O.ClH/c1-13-6-3-4-7-16(13)12-21(2)19(22)17-10-14-8-5-9-15(11-17)18(14)20;/h3-4,6-7,14-15,17-18H,5,8-12,20H2,1-2H3;1H. The van der Waals surface area contributed by atoms with Gasteiger partial charge in [0.2, 0.25) is 5.91 Å². The molecule has 128 valence electrons. The molecule has 2 aliphatic rings. The van der Waals surface area contributed by atoms with Crippen molar-refractivity contribution in [3.05, 3.63) is 35.4 Å². The summed E-state index contributed by atoms with van der Waals surface area (Å²) in [7, 11) is 1.94. The number of rotatable bonds is 3. The van der Waals surface area contributed by atoms with Crippen molar-refractivity contribution in [3.8, 4) is 0 Å². The normalized spacial score (nSPS) is 29.5. The van der Waals surface area contributed by atoms with Crippen molar-refractivity contribution < 1.29 is 4.79 Å². The highest BCUT2D eigenvalue weighted by Crippen LogP contribution is 2.42. The third kappa shape index (κ3) is 3.89. The number of nitrogens with zero attached hydrogens (tertiary/aromatic N) is 1. The summed E-state index contributed by atoms with van der Waals surface area (Å²) in [5.41, 5.74) is 8.84. The first-order valence-corrected chi connectivity index (χ1v) is 8.61. The molecule has 0 aromatic heterocycles. The molecule has 2 saturated carbocycles. The molecule has 0 radical (unpaired) electrons. The van der Waals surface area contributed by atoms with Gasteiger partial charge in [0.05, 0.1) is 0 Å². The molecule has 3 nitrogen and oxygen atoms in total. The summed E-state index contributed by atoms with van der Waals surface area (Å²) < 4.78 is 0. The number of halogens is 1. The zero-order valence-corrected chi connectivity index (χ0v) is 15.0. The van der Waals surface area contributed by atoms with Crippen molar-refractivity contribution in [2.24, 2.45) is 23.5 Å². The highest BCUT2D eigenvalue weighted by Gasteiger charge is 2.41. The summed E-state index contributed by atoms with van der Waals surface area (Å²) in [4.78, 5) is 14.8. The lowest BCUT2D eigenvalue weighted by Gasteiger charge is -2.44. The van der Waals surface area contributed by atoms with Gasteiger partial charge in [0, 0.05) is 25.6 Å². The zero-order chi connectivity index (χ0) is 15.7. The Bertz CT molecular complexity index is 534. The lowest BCUT2D eigenvalue weighted by molar-refractivity contribution is -0.137. The predicted octanol–water partition coefficient (Wildman–Crippen LogP) is 3.53. The number of carbonyl (C=O) groups is 1. The molecule has 4 heteroatoms. The minimum atomic E-state index is 0. The monoisotopic (exact) mass is 336 g/mol. The first kappa shape index (κ1) is 18.3. The molecular formula is C19H29ClN2O. The van der Waals surface area contributed by atoms with E-state index >= 15 is 0 Å². The van der Waals surface area contributed by atoms with Crippen LogP contribution in [0.1, 0.15) is 43.2 Å². The van der Waals surface area contributed by atoms with Gasteiger partial charge in [-0.15, -0.1) is 12.4 Å². The number of hydrogen-bond acceptors (Lipinski definition) is 2. The highest BCUT2D eigenvalue weighted by molar-refractivity contribution is 5.85. The van der Waals surface area contributed by atoms with Crippen molar-refractivity contribution >= 4 is 18.3 Å². The van der Waals surface area contributed by atoms with E-state index in [1.807, 2.05) is 24.1 Å². The van der Waals surface area contributed by atoms with Gasteiger partial charge in [0.15, 0.2) is 0 Å². The van der Waals surface area contributed by atoms with E-state index in [4.69, 9.17) is 5.73 Å². The van der Waals surface area contributed by atoms with Crippen LogP contribution in [0.5, 0.6) is 0 Å². The van der Waals surface area contributed by atoms with E-state index in [9.17, 15) is 4.79 Å². The fourth-order valence-corrected chi connectivity index (χ4v) is 4.42. The fraction of sp³-hybridized carbons (Fsp3) is 0.632. The number of benzene rings is 1. The van der Waals surface area contributed by atoms with E-state index in [0.29, 0.717) is 30.3 Å². The third-order valence-electron chi connectivity index (χ3n) is 5.81. The number of hydrogen-bond donors (Lipinski definition) is 1. The molecule has 23 heavy (non-hydrogen) atoms. The summed E-state index contributed by atoms with van der Waals surface area (Å²) in [6.45, 7) is 2.82. The zero-order valence-electron chi connectivity index (χ0n) is 14.2. The largest absolute Gasteiger partial charge is 0.341 e. The molecule has 2 bridgehead atoms. The maximum Gasteiger partial charge on any atom is 0.225 e. The molecule has 1 aromatic carbocycles. The van der Waals surface area contributed by atoms with Gasteiger partial charge in [-0.3, -0.25) is 4.79 Å². The summed E-state index contributed by atoms with van der Waals surface area (Å²) in [5.74, 6) is 1.62. The SMILES string of the molecule is Cc1ccccc1CN(C)C(=O)C1CC2CCCC(C1)C2N.Cl. The molecule has 0 heterocycles. The lowest BCUT2D eigenvalue weighted by Crippen LogP contribution is -2.49. The van der Waals surface area contributed by atoms with Crippen LogP contribution in [-0.4, -0.2) is 23.9 Å². The highest BCUT2D eigenvalue weighted by atomic mass is 35.5. The average Bonchev–Trinajstić information content (AvgIpc) is 2.48. The third-order valence-corrected chi connectivity index (χ3v) is 5.81. The van der Waals surface area contributed by atoms with Crippen LogP contribution in [0.25, 0.3) is 0 Å². The van der Waals surface area contributed by atoms with Crippen molar-refractivity contribution in [1.82, 2.24) is 4.90 Å². The van der Waals surface area contributed by atoms with Crippen molar-refractivity contribution in [3.63, 3.8) is 0 Å². The van der Waals surface area contributed by atoms with Crippen molar-refractivity contribution in [2.75, 3.05) is 7.05 Å². The molecule has 2 atom stereocenters. The van der Waals surface area contributed by atoms with Gasteiger partial charge < -0.3 is 10.6 Å². The number of carbonyl (C=O) groups excluding carboxylic acids is 1. The predicted molar refractivity (Wildman–Crippen MR) is 96.4 cm³/mol. The Kier molecular flexibility index (Phi) is 6.10. The van der Waals surface area contributed by atoms with E-state index < -0.39 is 0 Å². The second-order valence-electron chi connectivity index (χ2n) is 7.32. The first-order valence-electron chi connectivity index (χ1n) is 8.61. The van der Waals surface area contributed by atoms with Crippen LogP contribution in [0.15, 0.2) is 24.3 Å².